The van der Waals surface area contributed by atoms with Crippen LogP contribution in [0.1, 0.15) is 24.3 Å². The van der Waals surface area contributed by atoms with Crippen molar-refractivity contribution in [2.24, 2.45) is 0 Å². The third kappa shape index (κ3) is 2.40. The Bertz CT molecular complexity index is 1230. The smallest absolute Gasteiger partial charge is 0.268 e. The lowest BCUT2D eigenvalue weighted by molar-refractivity contribution is -0.0379. The van der Waals surface area contributed by atoms with Gasteiger partial charge in [0, 0.05) is 11.3 Å². The predicted octanol–water partition coefficient (Wildman–Crippen LogP) is 2.95. The molecule has 0 saturated heterocycles. The summed E-state index contributed by atoms with van der Waals surface area (Å²) >= 11 is 1.58. The first kappa shape index (κ1) is 16.5. The van der Waals surface area contributed by atoms with E-state index in [9.17, 15) is 4.79 Å². The summed E-state index contributed by atoms with van der Waals surface area (Å²) in [7, 11) is 1.62. The fourth-order valence-electron chi connectivity index (χ4n) is 3.62. The van der Waals surface area contributed by atoms with Gasteiger partial charge in [0.1, 0.15) is 16.9 Å². The van der Waals surface area contributed by atoms with Crippen LogP contribution < -0.4 is 10.3 Å². The lowest BCUT2D eigenvalue weighted by Gasteiger charge is -2.29. The van der Waals surface area contributed by atoms with E-state index in [1.165, 1.54) is 0 Å². The van der Waals surface area contributed by atoms with Crippen molar-refractivity contribution in [2.45, 2.75) is 32.5 Å². The SMILES string of the molecule is COc1ccc(-n2c(=O)c3c4c(sc3n3cnnc23)COC(C)(C)C4)cc1. The van der Waals surface area contributed by atoms with Gasteiger partial charge in [0.15, 0.2) is 0 Å². The summed E-state index contributed by atoms with van der Waals surface area (Å²) in [5.41, 5.74) is 1.44. The molecular formula is C19H18N4O3S. The molecule has 7 nitrogen and oxygen atoms in total. The van der Waals surface area contributed by atoms with Crippen LogP contribution in [0.25, 0.3) is 21.7 Å². The van der Waals surface area contributed by atoms with Gasteiger partial charge in [0.2, 0.25) is 5.78 Å². The van der Waals surface area contributed by atoms with Crippen molar-refractivity contribution >= 4 is 27.3 Å². The van der Waals surface area contributed by atoms with E-state index >= 15 is 0 Å². The normalized spacial score (nSPS) is 16.0. The molecule has 1 aliphatic rings. The summed E-state index contributed by atoms with van der Waals surface area (Å²) in [4.78, 5) is 15.5. The van der Waals surface area contributed by atoms with Gasteiger partial charge in [-0.05, 0) is 43.7 Å². The minimum Gasteiger partial charge on any atom is -0.497 e. The Kier molecular flexibility index (Phi) is 3.44. The van der Waals surface area contributed by atoms with E-state index < -0.39 is 0 Å². The highest BCUT2D eigenvalue weighted by Crippen LogP contribution is 2.37. The molecule has 0 atom stereocenters. The first-order chi connectivity index (χ1) is 13.0. The minimum absolute atomic E-state index is 0.0779. The van der Waals surface area contributed by atoms with Crippen molar-refractivity contribution < 1.29 is 9.47 Å². The Hall–Kier alpha value is -2.71. The molecule has 1 aliphatic heterocycles. The number of hydrogen-bond acceptors (Lipinski definition) is 6. The number of aromatic nitrogens is 4. The van der Waals surface area contributed by atoms with Crippen LogP contribution in [-0.4, -0.2) is 31.9 Å². The molecule has 0 aliphatic carbocycles. The van der Waals surface area contributed by atoms with Gasteiger partial charge in [-0.2, -0.15) is 0 Å². The monoisotopic (exact) mass is 382 g/mol. The van der Waals surface area contributed by atoms with Crippen LogP contribution in [0, 0.1) is 0 Å². The molecule has 27 heavy (non-hydrogen) atoms. The lowest BCUT2D eigenvalue weighted by Crippen LogP contribution is -2.32. The molecule has 0 bridgehead atoms. The first-order valence-electron chi connectivity index (χ1n) is 8.66. The Morgan fingerprint density at radius 2 is 2.04 bits per heavy atom. The van der Waals surface area contributed by atoms with E-state index in [2.05, 4.69) is 24.0 Å². The molecule has 0 fully saturated rings. The van der Waals surface area contributed by atoms with Crippen molar-refractivity contribution in [1.29, 1.82) is 0 Å². The summed E-state index contributed by atoms with van der Waals surface area (Å²) in [5, 5.41) is 8.99. The number of methoxy groups -OCH3 is 1. The van der Waals surface area contributed by atoms with E-state index in [-0.39, 0.29) is 11.2 Å². The van der Waals surface area contributed by atoms with Gasteiger partial charge in [-0.3, -0.25) is 9.20 Å². The van der Waals surface area contributed by atoms with Crippen molar-refractivity contribution in [3.05, 3.63) is 51.4 Å². The van der Waals surface area contributed by atoms with Gasteiger partial charge in [-0.1, -0.05) is 0 Å². The number of benzene rings is 1. The van der Waals surface area contributed by atoms with Crippen LogP contribution in [-0.2, 0) is 17.8 Å². The van der Waals surface area contributed by atoms with Crippen molar-refractivity contribution in [3.8, 4) is 11.4 Å². The molecule has 0 saturated carbocycles. The minimum atomic E-state index is -0.291. The zero-order valence-corrected chi connectivity index (χ0v) is 16.0. The van der Waals surface area contributed by atoms with Crippen LogP contribution in [0.4, 0.5) is 0 Å². The van der Waals surface area contributed by atoms with Crippen LogP contribution in [0.2, 0.25) is 0 Å². The largest absolute Gasteiger partial charge is 0.497 e. The number of hydrogen-bond donors (Lipinski definition) is 0. The summed E-state index contributed by atoms with van der Waals surface area (Å²) in [5.74, 6) is 1.23. The van der Waals surface area contributed by atoms with E-state index in [1.807, 2.05) is 28.7 Å². The maximum atomic E-state index is 13.6. The number of rotatable bonds is 2. The van der Waals surface area contributed by atoms with E-state index in [0.29, 0.717) is 18.8 Å². The summed E-state index contributed by atoms with van der Waals surface area (Å²) in [6, 6.07) is 7.37. The average Bonchev–Trinajstić information content (AvgIpc) is 3.26. The van der Waals surface area contributed by atoms with Crippen LogP contribution in [0.5, 0.6) is 5.75 Å². The maximum absolute atomic E-state index is 13.6. The Balaban J connectivity index is 1.86. The highest BCUT2D eigenvalue weighted by molar-refractivity contribution is 7.18. The second-order valence-corrected chi connectivity index (χ2v) is 8.33. The van der Waals surface area contributed by atoms with Crippen molar-refractivity contribution in [3.63, 3.8) is 0 Å². The first-order valence-corrected chi connectivity index (χ1v) is 9.47. The van der Waals surface area contributed by atoms with Crippen LogP contribution >= 0.6 is 11.3 Å². The quantitative estimate of drug-likeness (QED) is 0.533. The second kappa shape index (κ2) is 5.64. The average molecular weight is 382 g/mol. The number of fused-ring (bicyclic) bond motifs is 5. The van der Waals surface area contributed by atoms with E-state index in [4.69, 9.17) is 9.47 Å². The van der Waals surface area contributed by atoms with E-state index in [1.54, 1.807) is 29.3 Å². The molecule has 1 aromatic carbocycles. The Morgan fingerprint density at radius 3 is 2.78 bits per heavy atom. The molecular weight excluding hydrogens is 364 g/mol. The zero-order chi connectivity index (χ0) is 18.8. The van der Waals surface area contributed by atoms with Crippen LogP contribution in [0.3, 0.4) is 0 Å². The standard InChI is InChI=1S/C19H18N4O3S/c1-19(2)8-13-14(9-26-19)27-17-15(13)16(24)23(18-21-20-10-22(17)18)11-4-6-12(25-3)7-5-11/h4-7,10H,8-9H2,1-3H3. The molecule has 4 aromatic rings. The summed E-state index contributed by atoms with van der Waals surface area (Å²) in [6.45, 7) is 4.63. The molecule has 0 radical (unpaired) electrons. The molecule has 0 N–H and O–H groups in total. The maximum Gasteiger partial charge on any atom is 0.268 e. The fourth-order valence-corrected chi connectivity index (χ4v) is 4.81. The Morgan fingerprint density at radius 1 is 1.26 bits per heavy atom. The molecule has 8 heteroatoms. The van der Waals surface area contributed by atoms with Gasteiger partial charge >= 0.3 is 0 Å². The summed E-state index contributed by atoms with van der Waals surface area (Å²) < 4.78 is 14.7. The van der Waals surface area contributed by atoms with Crippen molar-refractivity contribution in [2.75, 3.05) is 7.11 Å². The Labute approximate surface area is 158 Å². The van der Waals surface area contributed by atoms with Gasteiger partial charge < -0.3 is 9.47 Å². The van der Waals surface area contributed by atoms with Gasteiger partial charge in [0.25, 0.3) is 5.56 Å². The summed E-state index contributed by atoms with van der Waals surface area (Å²) in [6.07, 6.45) is 2.36. The van der Waals surface area contributed by atoms with Crippen molar-refractivity contribution in [1.82, 2.24) is 19.2 Å². The van der Waals surface area contributed by atoms with Gasteiger partial charge in [0.05, 0.1) is 30.4 Å². The highest BCUT2D eigenvalue weighted by Gasteiger charge is 2.31. The molecule has 5 rings (SSSR count). The van der Waals surface area contributed by atoms with E-state index in [0.717, 1.165) is 32.1 Å². The molecule has 4 heterocycles. The van der Waals surface area contributed by atoms with Gasteiger partial charge in [-0.25, -0.2) is 4.57 Å². The third-order valence-corrected chi connectivity index (χ3v) is 6.17. The molecule has 138 valence electrons. The fraction of sp³-hybridized carbons (Fsp3) is 0.316. The number of ether oxygens (including phenoxy) is 2. The number of thiophene rings is 1. The number of nitrogens with zero attached hydrogens (tertiary/aromatic N) is 4. The predicted molar refractivity (Wildman–Crippen MR) is 103 cm³/mol. The molecule has 0 amide bonds. The highest BCUT2D eigenvalue weighted by atomic mass is 32.1. The zero-order valence-electron chi connectivity index (χ0n) is 15.2. The second-order valence-electron chi connectivity index (χ2n) is 7.25. The topological polar surface area (TPSA) is 70.7 Å². The molecule has 3 aromatic heterocycles. The third-order valence-electron chi connectivity index (χ3n) is 4.96. The lowest BCUT2D eigenvalue weighted by atomic mass is 9.94. The molecule has 0 spiro atoms. The molecule has 0 unspecified atom stereocenters. The van der Waals surface area contributed by atoms with Gasteiger partial charge in [-0.15, -0.1) is 21.5 Å². The van der Waals surface area contributed by atoms with Crippen LogP contribution in [0.15, 0.2) is 35.4 Å².